The van der Waals surface area contributed by atoms with Gasteiger partial charge in [0, 0.05) is 20.2 Å². The summed E-state index contributed by atoms with van der Waals surface area (Å²) in [6, 6.07) is 46.8. The molecule has 1 aromatic heterocycles. The first-order valence-corrected chi connectivity index (χ1v) is 15.7. The van der Waals surface area contributed by atoms with Gasteiger partial charge in [-0.05, 0) is 90.8 Å². The standard InChI is InChI=1S/C43H28S/c1-3-4-5-13-28(2)32-20-11-22-39-40-23-12-21-33(43(40)44-42(32)39)31-15-10-14-29(26-31)30-24-25-38-36-18-7-6-16-34(36)35-17-8-9-19-37(35)41(38)27-30/h1,4-27H,2H3/b5-4-,28-13+. The van der Waals surface area contributed by atoms with Gasteiger partial charge in [-0.1, -0.05) is 133 Å². The van der Waals surface area contributed by atoms with Gasteiger partial charge in [-0.15, -0.1) is 17.8 Å². The van der Waals surface area contributed by atoms with E-state index in [4.69, 9.17) is 6.42 Å². The summed E-state index contributed by atoms with van der Waals surface area (Å²) in [5, 5.41) is 10.4. The van der Waals surface area contributed by atoms with Crippen LogP contribution in [0.5, 0.6) is 0 Å². The number of hydrogen-bond acceptors (Lipinski definition) is 1. The molecule has 0 nitrogen and oxygen atoms in total. The number of terminal acetylenes is 1. The number of allylic oxidation sites excluding steroid dienone is 4. The molecule has 0 unspecified atom stereocenters. The molecule has 0 fully saturated rings. The van der Waals surface area contributed by atoms with E-state index in [9.17, 15) is 0 Å². The fourth-order valence-electron chi connectivity index (χ4n) is 6.65. The molecule has 0 amide bonds. The summed E-state index contributed by atoms with van der Waals surface area (Å²) in [6.07, 6.45) is 11.2. The zero-order chi connectivity index (χ0) is 29.6. The third-order valence-corrected chi connectivity index (χ3v) is 10.0. The minimum absolute atomic E-state index is 1.20. The fraction of sp³-hybridized carbons (Fsp3) is 0.0233. The predicted octanol–water partition coefficient (Wildman–Crippen LogP) is 12.4. The van der Waals surface area contributed by atoms with E-state index < -0.39 is 0 Å². The summed E-state index contributed by atoms with van der Waals surface area (Å²) >= 11 is 1.88. The second-order valence-electron chi connectivity index (χ2n) is 11.3. The van der Waals surface area contributed by atoms with Crippen LogP contribution in [-0.2, 0) is 0 Å². The van der Waals surface area contributed by atoms with Gasteiger partial charge in [0.25, 0.3) is 0 Å². The van der Waals surface area contributed by atoms with E-state index in [2.05, 4.69) is 146 Å². The first kappa shape index (κ1) is 26.2. The van der Waals surface area contributed by atoms with E-state index in [0.717, 1.165) is 0 Å². The molecule has 1 heteroatoms. The van der Waals surface area contributed by atoms with Crippen LogP contribution in [0, 0.1) is 12.3 Å². The van der Waals surface area contributed by atoms with Crippen molar-refractivity contribution >= 4 is 69.4 Å². The third kappa shape index (κ3) is 4.23. The van der Waals surface area contributed by atoms with Crippen molar-refractivity contribution in [1.82, 2.24) is 0 Å². The van der Waals surface area contributed by atoms with Gasteiger partial charge >= 0.3 is 0 Å². The topological polar surface area (TPSA) is 0 Å². The van der Waals surface area contributed by atoms with Gasteiger partial charge in [0.2, 0.25) is 0 Å². The van der Waals surface area contributed by atoms with Gasteiger partial charge in [0.15, 0.2) is 0 Å². The second-order valence-corrected chi connectivity index (χ2v) is 12.3. The Morgan fingerprint density at radius 1 is 0.545 bits per heavy atom. The molecule has 0 saturated heterocycles. The van der Waals surface area contributed by atoms with Crippen LogP contribution in [0.3, 0.4) is 0 Å². The Morgan fingerprint density at radius 3 is 1.84 bits per heavy atom. The minimum atomic E-state index is 1.20. The average Bonchev–Trinajstić information content (AvgIpc) is 3.47. The zero-order valence-corrected chi connectivity index (χ0v) is 25.2. The quantitative estimate of drug-likeness (QED) is 0.111. The Balaban J connectivity index is 1.29. The molecule has 7 aromatic carbocycles. The van der Waals surface area contributed by atoms with E-state index in [1.54, 1.807) is 6.08 Å². The summed E-state index contributed by atoms with van der Waals surface area (Å²) in [5.41, 5.74) is 7.40. The van der Waals surface area contributed by atoms with Crippen molar-refractivity contribution in [2.24, 2.45) is 0 Å². The monoisotopic (exact) mass is 576 g/mol. The molecule has 0 atom stereocenters. The van der Waals surface area contributed by atoms with E-state index in [-0.39, 0.29) is 0 Å². The van der Waals surface area contributed by atoms with Crippen molar-refractivity contribution in [3.05, 3.63) is 151 Å². The maximum absolute atomic E-state index is 5.42. The van der Waals surface area contributed by atoms with Crippen molar-refractivity contribution < 1.29 is 0 Å². The number of thiophene rings is 1. The Morgan fingerprint density at radius 2 is 1.11 bits per heavy atom. The SMILES string of the molecule is C#C/C=C\C=C(/C)c1cccc2c1sc1c(-c3cccc(-c4ccc5c6ccccc6c6ccccc6c5c4)c3)cccc12. The molecule has 8 aromatic rings. The molecule has 0 saturated carbocycles. The van der Waals surface area contributed by atoms with Crippen LogP contribution in [0.15, 0.2) is 146 Å². The molecule has 0 N–H and O–H groups in total. The Hall–Kier alpha value is -5.42. The molecule has 0 radical (unpaired) electrons. The Labute approximate surface area is 261 Å². The molecule has 1 heterocycles. The van der Waals surface area contributed by atoms with Gasteiger partial charge in [0.05, 0.1) is 0 Å². The van der Waals surface area contributed by atoms with Gasteiger partial charge < -0.3 is 0 Å². The summed E-state index contributed by atoms with van der Waals surface area (Å²) in [4.78, 5) is 0. The molecule has 0 aliphatic rings. The summed E-state index contributed by atoms with van der Waals surface area (Å²) in [6.45, 7) is 2.15. The van der Waals surface area contributed by atoms with Crippen LogP contribution in [0.4, 0.5) is 0 Å². The van der Waals surface area contributed by atoms with Crippen LogP contribution in [0.2, 0.25) is 0 Å². The summed E-state index contributed by atoms with van der Waals surface area (Å²) < 4.78 is 2.62. The highest BCUT2D eigenvalue weighted by molar-refractivity contribution is 7.26. The maximum atomic E-state index is 5.42. The third-order valence-electron chi connectivity index (χ3n) is 8.74. The summed E-state index contributed by atoms with van der Waals surface area (Å²) in [7, 11) is 0. The number of fused-ring (bicyclic) bond motifs is 9. The molecular weight excluding hydrogens is 549 g/mol. The first-order valence-electron chi connectivity index (χ1n) is 14.9. The lowest BCUT2D eigenvalue weighted by molar-refractivity contribution is 1.63. The predicted molar refractivity (Wildman–Crippen MR) is 194 cm³/mol. The van der Waals surface area contributed by atoms with Crippen LogP contribution < -0.4 is 0 Å². The highest BCUT2D eigenvalue weighted by Gasteiger charge is 2.15. The normalized spacial score (nSPS) is 12.2. The number of hydrogen-bond donors (Lipinski definition) is 0. The van der Waals surface area contributed by atoms with Crippen molar-refractivity contribution in [3.8, 4) is 34.6 Å². The van der Waals surface area contributed by atoms with Crippen LogP contribution in [-0.4, -0.2) is 0 Å². The van der Waals surface area contributed by atoms with Crippen molar-refractivity contribution in [3.63, 3.8) is 0 Å². The van der Waals surface area contributed by atoms with Crippen LogP contribution >= 0.6 is 11.3 Å². The molecule has 8 rings (SSSR count). The van der Waals surface area contributed by atoms with E-state index in [1.807, 2.05) is 17.4 Å². The average molecular weight is 577 g/mol. The summed E-state index contributed by atoms with van der Waals surface area (Å²) in [5.74, 6) is 2.58. The molecule has 0 aliphatic carbocycles. The number of benzene rings is 7. The first-order chi connectivity index (χ1) is 21.7. The van der Waals surface area contributed by atoms with Crippen molar-refractivity contribution in [2.75, 3.05) is 0 Å². The minimum Gasteiger partial charge on any atom is -0.134 e. The smallest absolute Gasteiger partial charge is 0.0434 e. The lowest BCUT2D eigenvalue weighted by Gasteiger charge is -2.12. The molecule has 0 spiro atoms. The molecular formula is C43H28S. The second kappa shape index (κ2) is 10.7. The van der Waals surface area contributed by atoms with Crippen molar-refractivity contribution in [2.45, 2.75) is 6.92 Å². The van der Waals surface area contributed by atoms with Gasteiger partial charge in [-0.25, -0.2) is 0 Å². The lowest BCUT2D eigenvalue weighted by Crippen LogP contribution is -1.86. The van der Waals surface area contributed by atoms with Crippen LogP contribution in [0.1, 0.15) is 12.5 Å². The molecule has 0 bridgehead atoms. The maximum Gasteiger partial charge on any atom is 0.0434 e. The highest BCUT2D eigenvalue weighted by atomic mass is 32.1. The number of rotatable bonds is 4. The van der Waals surface area contributed by atoms with E-state index >= 15 is 0 Å². The highest BCUT2D eigenvalue weighted by Crippen LogP contribution is 2.43. The van der Waals surface area contributed by atoms with Gasteiger partial charge in [-0.2, -0.15) is 0 Å². The van der Waals surface area contributed by atoms with E-state index in [1.165, 1.54) is 85.9 Å². The van der Waals surface area contributed by atoms with E-state index in [0.29, 0.717) is 0 Å². The Bertz CT molecular complexity index is 2480. The zero-order valence-electron chi connectivity index (χ0n) is 24.3. The molecule has 206 valence electrons. The van der Waals surface area contributed by atoms with Crippen LogP contribution in [0.25, 0.3) is 80.3 Å². The fourth-order valence-corrected chi connectivity index (χ4v) is 8.06. The molecule has 44 heavy (non-hydrogen) atoms. The van der Waals surface area contributed by atoms with Crippen molar-refractivity contribution in [1.29, 1.82) is 0 Å². The Kier molecular flexibility index (Phi) is 6.37. The molecule has 0 aliphatic heterocycles. The largest absolute Gasteiger partial charge is 0.134 e. The lowest BCUT2D eigenvalue weighted by atomic mass is 9.91. The van der Waals surface area contributed by atoms with Gasteiger partial charge in [0.1, 0.15) is 0 Å². The van der Waals surface area contributed by atoms with Gasteiger partial charge in [-0.3, -0.25) is 0 Å².